The Morgan fingerprint density at radius 1 is 1.19 bits per heavy atom. The topological polar surface area (TPSA) is 28.4 Å². The van der Waals surface area contributed by atoms with E-state index in [1.54, 1.807) is 0 Å². The lowest BCUT2D eigenvalue weighted by atomic mass is 10.0. The molecule has 0 radical (unpaired) electrons. The molecule has 0 aliphatic rings. The van der Waals surface area contributed by atoms with Crippen LogP contribution in [0.15, 0.2) is 10.5 Å². The number of furan rings is 1. The van der Waals surface area contributed by atoms with Crippen LogP contribution in [0.2, 0.25) is 0 Å². The SMILES string of the molecule is CCC(CC)CN(CC)Cc1cc(CNC(C)C)c(C)o1. The number of nitrogens with one attached hydrogen (secondary N) is 1. The zero-order valence-corrected chi connectivity index (χ0v) is 14.8. The molecule has 0 bridgehead atoms. The molecule has 3 nitrogen and oxygen atoms in total. The Kier molecular flexibility index (Phi) is 8.05. The highest BCUT2D eigenvalue weighted by atomic mass is 16.3. The lowest BCUT2D eigenvalue weighted by Gasteiger charge is -2.24. The van der Waals surface area contributed by atoms with Crippen molar-refractivity contribution < 1.29 is 4.42 Å². The molecular formula is C18H34N2O. The van der Waals surface area contributed by atoms with Crippen LogP contribution in [0.25, 0.3) is 0 Å². The summed E-state index contributed by atoms with van der Waals surface area (Å²) < 4.78 is 5.95. The van der Waals surface area contributed by atoms with E-state index in [2.05, 4.69) is 57.8 Å². The highest BCUT2D eigenvalue weighted by Crippen LogP contribution is 2.18. The van der Waals surface area contributed by atoms with Gasteiger partial charge in [-0.25, -0.2) is 0 Å². The molecule has 3 heteroatoms. The van der Waals surface area contributed by atoms with Crippen molar-refractivity contribution in [2.45, 2.75) is 73.5 Å². The van der Waals surface area contributed by atoms with E-state index in [4.69, 9.17) is 4.42 Å². The summed E-state index contributed by atoms with van der Waals surface area (Å²) >= 11 is 0. The van der Waals surface area contributed by atoms with E-state index in [1.807, 2.05) is 0 Å². The van der Waals surface area contributed by atoms with E-state index < -0.39 is 0 Å². The first kappa shape index (κ1) is 18.2. The minimum Gasteiger partial charge on any atom is -0.465 e. The van der Waals surface area contributed by atoms with Crippen LogP contribution in [-0.2, 0) is 13.1 Å². The van der Waals surface area contributed by atoms with Crippen molar-refractivity contribution in [3.05, 3.63) is 23.2 Å². The Balaban J connectivity index is 2.61. The number of nitrogens with zero attached hydrogens (tertiary/aromatic N) is 1. The lowest BCUT2D eigenvalue weighted by Crippen LogP contribution is -2.28. The van der Waals surface area contributed by atoms with Crippen molar-refractivity contribution in [3.63, 3.8) is 0 Å². The monoisotopic (exact) mass is 294 g/mol. The molecule has 0 aliphatic heterocycles. The Hall–Kier alpha value is -0.800. The van der Waals surface area contributed by atoms with Crippen LogP contribution in [0.4, 0.5) is 0 Å². The van der Waals surface area contributed by atoms with Gasteiger partial charge in [-0.1, -0.05) is 47.5 Å². The normalized spacial score (nSPS) is 12.0. The maximum absolute atomic E-state index is 5.95. The first-order valence-corrected chi connectivity index (χ1v) is 8.53. The molecule has 0 saturated heterocycles. The van der Waals surface area contributed by atoms with Gasteiger partial charge in [0.2, 0.25) is 0 Å². The molecule has 122 valence electrons. The van der Waals surface area contributed by atoms with Gasteiger partial charge in [-0.2, -0.15) is 0 Å². The first-order chi connectivity index (χ1) is 9.99. The highest BCUT2D eigenvalue weighted by Gasteiger charge is 2.14. The zero-order valence-electron chi connectivity index (χ0n) is 14.8. The standard InChI is InChI=1S/C18H34N2O/c1-7-16(8-2)12-20(9-3)13-18-10-17(15(6)21-18)11-19-14(4)5/h10,14,16,19H,7-9,11-13H2,1-6H3. The van der Waals surface area contributed by atoms with E-state index in [9.17, 15) is 0 Å². The fourth-order valence-electron chi connectivity index (χ4n) is 2.59. The summed E-state index contributed by atoms with van der Waals surface area (Å²) in [6.07, 6.45) is 2.52. The molecule has 1 aromatic rings. The van der Waals surface area contributed by atoms with E-state index in [1.165, 1.54) is 24.9 Å². The van der Waals surface area contributed by atoms with Crippen LogP contribution in [-0.4, -0.2) is 24.0 Å². The van der Waals surface area contributed by atoms with Crippen LogP contribution >= 0.6 is 0 Å². The van der Waals surface area contributed by atoms with Crippen molar-refractivity contribution in [2.24, 2.45) is 5.92 Å². The van der Waals surface area contributed by atoms with Crippen LogP contribution in [0, 0.1) is 12.8 Å². The molecule has 0 unspecified atom stereocenters. The third-order valence-corrected chi connectivity index (χ3v) is 4.27. The maximum Gasteiger partial charge on any atom is 0.118 e. The lowest BCUT2D eigenvalue weighted by molar-refractivity contribution is 0.210. The molecule has 1 heterocycles. The summed E-state index contributed by atoms with van der Waals surface area (Å²) in [5, 5.41) is 3.46. The zero-order chi connectivity index (χ0) is 15.8. The largest absolute Gasteiger partial charge is 0.465 e. The Labute approximate surface area is 131 Å². The second kappa shape index (κ2) is 9.26. The van der Waals surface area contributed by atoms with Crippen molar-refractivity contribution in [3.8, 4) is 0 Å². The molecule has 0 fully saturated rings. The first-order valence-electron chi connectivity index (χ1n) is 8.53. The fourth-order valence-corrected chi connectivity index (χ4v) is 2.59. The van der Waals surface area contributed by atoms with Gasteiger partial charge in [-0.05, 0) is 25.5 Å². The molecule has 1 rings (SSSR count). The summed E-state index contributed by atoms with van der Waals surface area (Å²) in [7, 11) is 0. The number of rotatable bonds is 10. The maximum atomic E-state index is 5.95. The fraction of sp³-hybridized carbons (Fsp3) is 0.778. The van der Waals surface area contributed by atoms with Gasteiger partial charge in [0.15, 0.2) is 0 Å². The van der Waals surface area contributed by atoms with Crippen molar-refractivity contribution in [1.29, 1.82) is 0 Å². The quantitative estimate of drug-likeness (QED) is 0.695. The van der Waals surface area contributed by atoms with Crippen molar-refractivity contribution in [2.75, 3.05) is 13.1 Å². The second-order valence-corrected chi connectivity index (χ2v) is 6.34. The second-order valence-electron chi connectivity index (χ2n) is 6.34. The minimum absolute atomic E-state index is 0.504. The van der Waals surface area contributed by atoms with Crippen LogP contribution in [0.5, 0.6) is 0 Å². The van der Waals surface area contributed by atoms with Gasteiger partial charge in [0.1, 0.15) is 11.5 Å². The van der Waals surface area contributed by atoms with E-state index in [0.717, 1.165) is 37.1 Å². The summed E-state index contributed by atoms with van der Waals surface area (Å²) in [6, 6.07) is 2.73. The van der Waals surface area contributed by atoms with E-state index in [0.29, 0.717) is 6.04 Å². The molecule has 0 saturated carbocycles. The summed E-state index contributed by atoms with van der Waals surface area (Å²) in [5.41, 5.74) is 1.29. The minimum atomic E-state index is 0.504. The van der Waals surface area contributed by atoms with Gasteiger partial charge in [0.25, 0.3) is 0 Å². The molecule has 0 spiro atoms. The van der Waals surface area contributed by atoms with Gasteiger partial charge in [-0.3, -0.25) is 4.90 Å². The van der Waals surface area contributed by atoms with Crippen molar-refractivity contribution >= 4 is 0 Å². The third-order valence-electron chi connectivity index (χ3n) is 4.27. The van der Waals surface area contributed by atoms with Crippen LogP contribution in [0.3, 0.4) is 0 Å². The molecule has 0 amide bonds. The molecule has 1 N–H and O–H groups in total. The average Bonchev–Trinajstić information content (AvgIpc) is 2.81. The number of aryl methyl sites for hydroxylation is 1. The molecule has 21 heavy (non-hydrogen) atoms. The van der Waals surface area contributed by atoms with Crippen LogP contribution < -0.4 is 5.32 Å². The third kappa shape index (κ3) is 6.23. The highest BCUT2D eigenvalue weighted by molar-refractivity contribution is 5.20. The summed E-state index contributed by atoms with van der Waals surface area (Å²) in [4.78, 5) is 2.50. The molecular weight excluding hydrogens is 260 g/mol. The Bertz CT molecular complexity index is 394. The predicted octanol–water partition coefficient (Wildman–Crippen LogP) is 4.34. The van der Waals surface area contributed by atoms with Gasteiger partial charge in [-0.15, -0.1) is 0 Å². The number of hydrogen-bond donors (Lipinski definition) is 1. The van der Waals surface area contributed by atoms with E-state index in [-0.39, 0.29) is 0 Å². The van der Waals surface area contributed by atoms with Gasteiger partial charge >= 0.3 is 0 Å². The van der Waals surface area contributed by atoms with Gasteiger partial charge in [0, 0.05) is 24.7 Å². The Morgan fingerprint density at radius 2 is 1.86 bits per heavy atom. The van der Waals surface area contributed by atoms with Crippen LogP contribution in [0.1, 0.15) is 64.5 Å². The van der Waals surface area contributed by atoms with Crippen molar-refractivity contribution in [1.82, 2.24) is 10.2 Å². The molecule has 0 aliphatic carbocycles. The predicted molar refractivity (Wildman–Crippen MR) is 90.4 cm³/mol. The van der Waals surface area contributed by atoms with Gasteiger partial charge in [0.05, 0.1) is 6.54 Å². The van der Waals surface area contributed by atoms with E-state index >= 15 is 0 Å². The molecule has 0 atom stereocenters. The summed E-state index contributed by atoms with van der Waals surface area (Å²) in [5.74, 6) is 2.95. The summed E-state index contributed by atoms with van der Waals surface area (Å²) in [6.45, 7) is 17.3. The Morgan fingerprint density at radius 3 is 2.38 bits per heavy atom. The molecule has 1 aromatic heterocycles. The number of hydrogen-bond acceptors (Lipinski definition) is 3. The van der Waals surface area contributed by atoms with Gasteiger partial charge < -0.3 is 9.73 Å². The molecule has 0 aromatic carbocycles. The average molecular weight is 294 g/mol. The smallest absolute Gasteiger partial charge is 0.118 e.